The standard InChI is InChI=1S/C19H18N2/c1-3-5-8-14(4-2)20-15-11-12-19-17(13-15)16-9-6-7-10-18(16)21-19/h3-13,20-21H,1H2,2H3/b8-5-,14-4+. The van der Waals surface area contributed by atoms with Crippen LogP contribution >= 0.6 is 0 Å². The first-order valence-corrected chi connectivity index (χ1v) is 7.04. The van der Waals surface area contributed by atoms with Crippen molar-refractivity contribution in [1.29, 1.82) is 0 Å². The fourth-order valence-electron chi connectivity index (χ4n) is 2.47. The lowest BCUT2D eigenvalue weighted by atomic mass is 10.1. The van der Waals surface area contributed by atoms with Crippen molar-refractivity contribution in [3.8, 4) is 0 Å². The molecule has 0 saturated heterocycles. The molecule has 1 aromatic heterocycles. The third kappa shape index (κ3) is 2.61. The maximum absolute atomic E-state index is 3.70. The smallest absolute Gasteiger partial charge is 0.0466 e. The van der Waals surface area contributed by atoms with Crippen molar-refractivity contribution in [2.24, 2.45) is 0 Å². The Labute approximate surface area is 124 Å². The van der Waals surface area contributed by atoms with Gasteiger partial charge in [-0.25, -0.2) is 0 Å². The van der Waals surface area contributed by atoms with Crippen LogP contribution in [0.1, 0.15) is 6.92 Å². The quantitative estimate of drug-likeness (QED) is 0.614. The zero-order chi connectivity index (χ0) is 14.7. The first kappa shape index (κ1) is 13.3. The van der Waals surface area contributed by atoms with Gasteiger partial charge in [-0.05, 0) is 37.3 Å². The molecular weight excluding hydrogens is 256 g/mol. The number of allylic oxidation sites excluding steroid dienone is 4. The predicted octanol–water partition coefficient (Wildman–Crippen LogP) is 5.38. The molecule has 2 N–H and O–H groups in total. The molecule has 2 heteroatoms. The third-order valence-electron chi connectivity index (χ3n) is 3.52. The van der Waals surface area contributed by atoms with E-state index in [2.05, 4.69) is 59.3 Å². The highest BCUT2D eigenvalue weighted by Crippen LogP contribution is 2.28. The molecule has 0 aliphatic carbocycles. The van der Waals surface area contributed by atoms with Gasteiger partial charge in [0.25, 0.3) is 0 Å². The number of hydrogen-bond donors (Lipinski definition) is 2. The van der Waals surface area contributed by atoms with Crippen LogP contribution in [0.5, 0.6) is 0 Å². The number of anilines is 1. The van der Waals surface area contributed by atoms with Crippen LogP contribution in [0.4, 0.5) is 5.69 Å². The average molecular weight is 274 g/mol. The van der Waals surface area contributed by atoms with Crippen molar-refractivity contribution in [3.63, 3.8) is 0 Å². The zero-order valence-electron chi connectivity index (χ0n) is 12.1. The van der Waals surface area contributed by atoms with Crippen molar-refractivity contribution in [3.05, 3.63) is 79.0 Å². The highest BCUT2D eigenvalue weighted by atomic mass is 14.9. The van der Waals surface area contributed by atoms with Gasteiger partial charge in [-0.15, -0.1) is 0 Å². The van der Waals surface area contributed by atoms with Crippen LogP contribution in [-0.4, -0.2) is 4.98 Å². The molecule has 0 saturated carbocycles. The molecule has 0 bridgehead atoms. The molecule has 0 aliphatic rings. The Morgan fingerprint density at radius 1 is 1.10 bits per heavy atom. The van der Waals surface area contributed by atoms with E-state index < -0.39 is 0 Å². The zero-order valence-corrected chi connectivity index (χ0v) is 12.1. The summed E-state index contributed by atoms with van der Waals surface area (Å²) < 4.78 is 0. The van der Waals surface area contributed by atoms with E-state index in [0.29, 0.717) is 0 Å². The van der Waals surface area contributed by atoms with Gasteiger partial charge in [0.2, 0.25) is 0 Å². The molecule has 0 radical (unpaired) electrons. The van der Waals surface area contributed by atoms with E-state index in [-0.39, 0.29) is 0 Å². The third-order valence-corrected chi connectivity index (χ3v) is 3.52. The summed E-state index contributed by atoms with van der Waals surface area (Å²) in [5.74, 6) is 0. The SMILES string of the molecule is C=C/C=C\C(=C/C)Nc1ccc2[nH]c3ccccc3c2c1. The molecule has 0 spiro atoms. The molecule has 21 heavy (non-hydrogen) atoms. The maximum atomic E-state index is 3.70. The molecular formula is C19H18N2. The van der Waals surface area contributed by atoms with E-state index in [9.17, 15) is 0 Å². The van der Waals surface area contributed by atoms with Gasteiger partial charge in [-0.2, -0.15) is 0 Å². The highest BCUT2D eigenvalue weighted by Gasteiger charge is 2.04. The molecule has 3 aromatic rings. The second kappa shape index (κ2) is 5.71. The number of nitrogens with one attached hydrogen (secondary N) is 2. The first-order valence-electron chi connectivity index (χ1n) is 7.04. The van der Waals surface area contributed by atoms with Crippen LogP contribution in [0.2, 0.25) is 0 Å². The maximum Gasteiger partial charge on any atom is 0.0466 e. The topological polar surface area (TPSA) is 27.8 Å². The summed E-state index contributed by atoms with van der Waals surface area (Å²) in [6, 6.07) is 14.7. The van der Waals surface area contributed by atoms with Crippen molar-refractivity contribution in [2.75, 3.05) is 5.32 Å². The number of aromatic nitrogens is 1. The minimum absolute atomic E-state index is 1.05. The van der Waals surface area contributed by atoms with Crippen LogP contribution in [0, 0.1) is 0 Å². The average Bonchev–Trinajstić information content (AvgIpc) is 2.89. The number of rotatable bonds is 4. The molecule has 104 valence electrons. The first-order chi connectivity index (χ1) is 10.3. The second-order valence-corrected chi connectivity index (χ2v) is 4.89. The molecule has 3 rings (SSSR count). The molecule has 0 fully saturated rings. The van der Waals surface area contributed by atoms with E-state index in [4.69, 9.17) is 0 Å². The van der Waals surface area contributed by atoms with E-state index in [1.807, 2.05) is 25.2 Å². The van der Waals surface area contributed by atoms with Crippen LogP contribution in [0.3, 0.4) is 0 Å². The number of H-pyrrole nitrogens is 1. The van der Waals surface area contributed by atoms with Crippen molar-refractivity contribution in [1.82, 2.24) is 4.98 Å². The molecule has 2 nitrogen and oxygen atoms in total. The summed E-state index contributed by atoms with van der Waals surface area (Å²) in [4.78, 5) is 3.44. The van der Waals surface area contributed by atoms with Crippen LogP contribution in [-0.2, 0) is 0 Å². The summed E-state index contributed by atoms with van der Waals surface area (Å²) in [6.07, 6.45) is 7.74. The van der Waals surface area contributed by atoms with Crippen LogP contribution in [0.15, 0.2) is 79.0 Å². The lowest BCUT2D eigenvalue weighted by Gasteiger charge is -2.07. The van der Waals surface area contributed by atoms with Gasteiger partial charge in [0.1, 0.15) is 0 Å². The number of para-hydroxylation sites is 1. The Morgan fingerprint density at radius 2 is 1.90 bits per heavy atom. The number of fused-ring (bicyclic) bond motifs is 3. The van der Waals surface area contributed by atoms with E-state index in [1.165, 1.54) is 16.3 Å². The minimum Gasteiger partial charge on any atom is -0.356 e. The Bertz CT molecular complexity index is 850. The molecule has 1 heterocycles. The summed E-state index contributed by atoms with van der Waals surface area (Å²) in [5, 5.41) is 5.91. The van der Waals surface area contributed by atoms with E-state index >= 15 is 0 Å². The Hall–Kier alpha value is -2.74. The van der Waals surface area contributed by atoms with Gasteiger partial charge in [0, 0.05) is 33.2 Å². The molecule has 0 amide bonds. The lowest BCUT2D eigenvalue weighted by molar-refractivity contribution is 1.45. The fraction of sp³-hybridized carbons (Fsp3) is 0.0526. The number of aromatic amines is 1. The normalized spacial score (nSPS) is 12.3. The summed E-state index contributed by atoms with van der Waals surface area (Å²) in [7, 11) is 0. The van der Waals surface area contributed by atoms with Gasteiger partial charge in [0.05, 0.1) is 0 Å². The summed E-state index contributed by atoms with van der Waals surface area (Å²) in [6.45, 7) is 5.71. The van der Waals surface area contributed by atoms with Gasteiger partial charge in [0.15, 0.2) is 0 Å². The number of benzene rings is 2. The van der Waals surface area contributed by atoms with Crippen LogP contribution < -0.4 is 5.32 Å². The van der Waals surface area contributed by atoms with Gasteiger partial charge >= 0.3 is 0 Å². The monoisotopic (exact) mass is 274 g/mol. The Balaban J connectivity index is 2.02. The number of hydrogen-bond acceptors (Lipinski definition) is 1. The Morgan fingerprint density at radius 3 is 2.71 bits per heavy atom. The molecule has 0 aliphatic heterocycles. The van der Waals surface area contributed by atoms with Crippen molar-refractivity contribution >= 4 is 27.5 Å². The molecule has 0 atom stereocenters. The second-order valence-electron chi connectivity index (χ2n) is 4.89. The predicted molar refractivity (Wildman–Crippen MR) is 92.5 cm³/mol. The van der Waals surface area contributed by atoms with Gasteiger partial charge < -0.3 is 10.3 Å². The van der Waals surface area contributed by atoms with Crippen molar-refractivity contribution in [2.45, 2.75) is 6.92 Å². The molecule has 0 unspecified atom stereocenters. The highest BCUT2D eigenvalue weighted by molar-refractivity contribution is 6.08. The summed E-state index contributed by atoms with van der Waals surface area (Å²) in [5.41, 5.74) is 4.45. The molecule has 2 aromatic carbocycles. The van der Waals surface area contributed by atoms with Crippen molar-refractivity contribution < 1.29 is 0 Å². The Kier molecular flexibility index (Phi) is 3.61. The van der Waals surface area contributed by atoms with Gasteiger partial charge in [-0.3, -0.25) is 0 Å². The van der Waals surface area contributed by atoms with E-state index in [1.54, 1.807) is 6.08 Å². The minimum atomic E-state index is 1.05. The largest absolute Gasteiger partial charge is 0.356 e. The fourth-order valence-corrected chi connectivity index (χ4v) is 2.47. The summed E-state index contributed by atoms with van der Waals surface area (Å²) >= 11 is 0. The van der Waals surface area contributed by atoms with E-state index in [0.717, 1.165) is 16.9 Å². The lowest BCUT2D eigenvalue weighted by Crippen LogP contribution is -1.95. The van der Waals surface area contributed by atoms with Gasteiger partial charge in [-0.1, -0.05) is 43.0 Å². The van der Waals surface area contributed by atoms with Crippen LogP contribution in [0.25, 0.3) is 21.8 Å².